The summed E-state index contributed by atoms with van der Waals surface area (Å²) >= 11 is 0. The summed E-state index contributed by atoms with van der Waals surface area (Å²) in [4.78, 5) is 12.7. The summed E-state index contributed by atoms with van der Waals surface area (Å²) in [5.41, 5.74) is 0.571. The van der Waals surface area contributed by atoms with E-state index < -0.39 is 5.41 Å². The molecule has 1 amide bonds. The lowest BCUT2D eigenvalue weighted by molar-refractivity contribution is -0.130. The van der Waals surface area contributed by atoms with Crippen LogP contribution in [0.15, 0.2) is 24.3 Å². The van der Waals surface area contributed by atoms with E-state index in [0.29, 0.717) is 12.3 Å². The highest BCUT2D eigenvalue weighted by molar-refractivity contribution is 5.82. The molecule has 4 heteroatoms. The van der Waals surface area contributed by atoms with Crippen molar-refractivity contribution in [2.75, 3.05) is 13.7 Å². The minimum Gasteiger partial charge on any atom is -0.496 e. The van der Waals surface area contributed by atoms with Gasteiger partial charge in [-0.05, 0) is 49.7 Å². The van der Waals surface area contributed by atoms with Crippen LogP contribution < -0.4 is 10.1 Å². The minimum absolute atomic E-state index is 0.0934. The van der Waals surface area contributed by atoms with Gasteiger partial charge in [0.2, 0.25) is 5.91 Å². The maximum Gasteiger partial charge on any atom is 0.226 e. The number of carbonyl (C=O) groups is 1. The first-order valence-electron chi connectivity index (χ1n) is 8.50. The largest absolute Gasteiger partial charge is 0.496 e. The summed E-state index contributed by atoms with van der Waals surface area (Å²) in [6, 6.07) is 8.10. The van der Waals surface area contributed by atoms with E-state index in [1.807, 2.05) is 38.1 Å². The number of hydrogen-bond donors (Lipinski definition) is 2. The van der Waals surface area contributed by atoms with Crippen molar-refractivity contribution in [1.29, 1.82) is 0 Å². The monoisotopic (exact) mass is 319 g/mol. The van der Waals surface area contributed by atoms with Crippen LogP contribution in [0.1, 0.15) is 45.1 Å². The van der Waals surface area contributed by atoms with Crippen LogP contribution in [-0.2, 0) is 11.2 Å². The first kappa shape index (κ1) is 17.8. The molecule has 1 saturated carbocycles. The number of amides is 1. The number of para-hydroxylation sites is 1. The molecule has 23 heavy (non-hydrogen) atoms. The Morgan fingerprint density at radius 1 is 1.26 bits per heavy atom. The number of rotatable bonds is 6. The molecule has 0 spiro atoms. The molecule has 1 aliphatic rings. The molecular weight excluding hydrogens is 290 g/mol. The Labute approximate surface area is 139 Å². The lowest BCUT2D eigenvalue weighted by Gasteiger charge is -2.32. The number of aliphatic hydroxyl groups is 1. The molecule has 0 bridgehead atoms. The Hall–Kier alpha value is -1.55. The second-order valence-corrected chi connectivity index (χ2v) is 7.25. The van der Waals surface area contributed by atoms with Crippen LogP contribution >= 0.6 is 0 Å². The number of nitrogens with one attached hydrogen (secondary N) is 1. The molecular formula is C19H29NO3. The Balaban J connectivity index is 1.95. The number of hydrogen-bond acceptors (Lipinski definition) is 3. The number of methoxy groups -OCH3 is 1. The topological polar surface area (TPSA) is 58.6 Å². The molecule has 1 aromatic rings. The number of carbonyl (C=O) groups excluding carboxylic acids is 1. The summed E-state index contributed by atoms with van der Waals surface area (Å²) in [6.07, 6.45) is 4.56. The van der Waals surface area contributed by atoms with E-state index in [2.05, 4.69) is 5.32 Å². The van der Waals surface area contributed by atoms with Gasteiger partial charge < -0.3 is 15.2 Å². The van der Waals surface area contributed by atoms with E-state index in [1.54, 1.807) is 7.11 Å². The van der Waals surface area contributed by atoms with Crippen LogP contribution in [0.2, 0.25) is 0 Å². The Morgan fingerprint density at radius 2 is 1.91 bits per heavy atom. The standard InChI is InChI=1S/C19H29NO3/c1-19(2,12-15-6-4-5-7-17(15)23-3)18(22)20-16-10-8-14(13-21)9-11-16/h4-7,14,16,21H,8-13H2,1-3H3,(H,20,22). The quantitative estimate of drug-likeness (QED) is 0.847. The zero-order chi connectivity index (χ0) is 16.9. The van der Waals surface area contributed by atoms with Crippen molar-refractivity contribution in [3.05, 3.63) is 29.8 Å². The van der Waals surface area contributed by atoms with Gasteiger partial charge in [0.15, 0.2) is 0 Å². The maximum absolute atomic E-state index is 12.7. The second-order valence-electron chi connectivity index (χ2n) is 7.25. The zero-order valence-corrected chi connectivity index (χ0v) is 14.5. The van der Waals surface area contributed by atoms with E-state index in [4.69, 9.17) is 4.74 Å². The first-order valence-corrected chi connectivity index (χ1v) is 8.50. The van der Waals surface area contributed by atoms with E-state index in [-0.39, 0.29) is 18.6 Å². The molecule has 0 heterocycles. The molecule has 2 N–H and O–H groups in total. The van der Waals surface area contributed by atoms with Gasteiger partial charge in [0.1, 0.15) is 5.75 Å². The minimum atomic E-state index is -0.484. The molecule has 0 aliphatic heterocycles. The molecule has 2 rings (SSSR count). The average molecular weight is 319 g/mol. The molecule has 4 nitrogen and oxygen atoms in total. The van der Waals surface area contributed by atoms with Crippen molar-refractivity contribution in [2.45, 2.75) is 52.0 Å². The smallest absolute Gasteiger partial charge is 0.226 e. The van der Waals surface area contributed by atoms with E-state index >= 15 is 0 Å². The molecule has 0 atom stereocenters. The Bertz CT molecular complexity index is 519. The first-order chi connectivity index (χ1) is 11.0. The fraction of sp³-hybridized carbons (Fsp3) is 0.632. The van der Waals surface area contributed by atoms with Crippen LogP contribution in [-0.4, -0.2) is 30.8 Å². The highest BCUT2D eigenvalue weighted by atomic mass is 16.5. The lowest BCUT2D eigenvalue weighted by Crippen LogP contribution is -2.45. The fourth-order valence-electron chi connectivity index (χ4n) is 3.28. The highest BCUT2D eigenvalue weighted by Crippen LogP contribution is 2.29. The Kier molecular flexibility index (Phi) is 6.05. The van der Waals surface area contributed by atoms with Crippen molar-refractivity contribution in [3.8, 4) is 5.75 Å². The van der Waals surface area contributed by atoms with Gasteiger partial charge in [0.25, 0.3) is 0 Å². The number of benzene rings is 1. The van der Waals surface area contributed by atoms with Crippen molar-refractivity contribution in [1.82, 2.24) is 5.32 Å². The third-order valence-corrected chi connectivity index (χ3v) is 4.88. The molecule has 1 aromatic carbocycles. The molecule has 0 unspecified atom stereocenters. The molecule has 0 aromatic heterocycles. The van der Waals surface area contributed by atoms with Crippen molar-refractivity contribution in [2.24, 2.45) is 11.3 Å². The third kappa shape index (κ3) is 4.71. The highest BCUT2D eigenvalue weighted by Gasteiger charge is 2.31. The zero-order valence-electron chi connectivity index (χ0n) is 14.5. The van der Waals surface area contributed by atoms with Crippen molar-refractivity contribution >= 4 is 5.91 Å². The van der Waals surface area contributed by atoms with Crippen molar-refractivity contribution < 1.29 is 14.6 Å². The average Bonchev–Trinajstić information content (AvgIpc) is 2.55. The number of aliphatic hydroxyl groups excluding tert-OH is 1. The van der Waals surface area contributed by atoms with E-state index in [1.165, 1.54) is 0 Å². The van der Waals surface area contributed by atoms with Crippen LogP contribution in [0.3, 0.4) is 0 Å². The van der Waals surface area contributed by atoms with Crippen LogP contribution in [0, 0.1) is 11.3 Å². The Morgan fingerprint density at radius 3 is 2.52 bits per heavy atom. The third-order valence-electron chi connectivity index (χ3n) is 4.88. The maximum atomic E-state index is 12.7. The predicted octanol–water partition coefficient (Wildman–Crippen LogP) is 2.93. The second kappa shape index (κ2) is 7.82. The SMILES string of the molecule is COc1ccccc1CC(C)(C)C(=O)NC1CCC(CO)CC1. The fourth-order valence-corrected chi connectivity index (χ4v) is 3.28. The molecule has 0 saturated heterocycles. The normalized spacial score (nSPS) is 21.7. The van der Waals surface area contributed by atoms with Gasteiger partial charge in [-0.2, -0.15) is 0 Å². The van der Waals surface area contributed by atoms with Gasteiger partial charge in [-0.25, -0.2) is 0 Å². The van der Waals surface area contributed by atoms with Gasteiger partial charge in [-0.1, -0.05) is 32.0 Å². The van der Waals surface area contributed by atoms with Gasteiger partial charge in [0.05, 0.1) is 7.11 Å². The van der Waals surface area contributed by atoms with Gasteiger partial charge in [-0.15, -0.1) is 0 Å². The van der Waals surface area contributed by atoms with Crippen LogP contribution in [0.5, 0.6) is 5.75 Å². The van der Waals surface area contributed by atoms with E-state index in [0.717, 1.165) is 37.0 Å². The summed E-state index contributed by atoms with van der Waals surface area (Å²) < 4.78 is 5.39. The summed E-state index contributed by atoms with van der Waals surface area (Å²) in [5, 5.41) is 12.4. The molecule has 0 radical (unpaired) electrons. The van der Waals surface area contributed by atoms with Crippen LogP contribution in [0.25, 0.3) is 0 Å². The van der Waals surface area contributed by atoms with Gasteiger partial charge in [0, 0.05) is 18.1 Å². The predicted molar refractivity (Wildman–Crippen MR) is 91.5 cm³/mol. The van der Waals surface area contributed by atoms with E-state index in [9.17, 15) is 9.90 Å². The summed E-state index contributed by atoms with van der Waals surface area (Å²) in [5.74, 6) is 1.33. The van der Waals surface area contributed by atoms with Crippen LogP contribution in [0.4, 0.5) is 0 Å². The van der Waals surface area contributed by atoms with Gasteiger partial charge >= 0.3 is 0 Å². The summed E-state index contributed by atoms with van der Waals surface area (Å²) in [6.45, 7) is 4.22. The number of ether oxygens (including phenoxy) is 1. The molecule has 1 fully saturated rings. The molecule has 1 aliphatic carbocycles. The van der Waals surface area contributed by atoms with Crippen molar-refractivity contribution in [3.63, 3.8) is 0 Å². The molecule has 128 valence electrons. The lowest BCUT2D eigenvalue weighted by atomic mass is 9.82. The van der Waals surface area contributed by atoms with Gasteiger partial charge in [-0.3, -0.25) is 4.79 Å². The summed E-state index contributed by atoms with van der Waals surface area (Å²) in [7, 11) is 1.66.